The summed E-state index contributed by atoms with van der Waals surface area (Å²) in [6, 6.07) is 2.00. The number of aromatic nitrogens is 2. The molecule has 120 valence electrons. The Bertz CT molecular complexity index is 626. The zero-order chi connectivity index (χ0) is 16.1. The maximum Gasteiger partial charge on any atom is 0.319 e. The third-order valence-corrected chi connectivity index (χ3v) is 4.22. The van der Waals surface area contributed by atoms with Gasteiger partial charge in [0.2, 0.25) is 5.91 Å². The number of hydrogen-bond acceptors (Lipinski definition) is 4. The van der Waals surface area contributed by atoms with Crippen LogP contribution in [0.15, 0.2) is 23.8 Å². The van der Waals surface area contributed by atoms with Crippen LogP contribution < -0.4 is 5.32 Å². The van der Waals surface area contributed by atoms with Crippen LogP contribution in [0.2, 0.25) is 0 Å². The smallest absolute Gasteiger partial charge is 0.319 e. The Labute approximate surface area is 131 Å². The first kappa shape index (κ1) is 16.6. The maximum atomic E-state index is 12.7. The molecule has 2 heterocycles. The van der Waals surface area contributed by atoms with Crippen LogP contribution in [0.4, 0.5) is 8.78 Å². The van der Waals surface area contributed by atoms with Crippen molar-refractivity contribution in [1.29, 1.82) is 0 Å². The van der Waals surface area contributed by atoms with E-state index in [1.807, 2.05) is 18.4 Å². The number of carbonyl (C=O) groups is 1. The van der Waals surface area contributed by atoms with Gasteiger partial charge in [0.25, 0.3) is 0 Å². The van der Waals surface area contributed by atoms with E-state index in [1.165, 1.54) is 12.4 Å². The van der Waals surface area contributed by atoms with E-state index in [4.69, 9.17) is 0 Å². The van der Waals surface area contributed by atoms with Gasteiger partial charge < -0.3 is 5.32 Å². The van der Waals surface area contributed by atoms with Gasteiger partial charge in [-0.15, -0.1) is 11.3 Å². The number of nitrogens with one attached hydrogen (secondary N) is 1. The van der Waals surface area contributed by atoms with E-state index < -0.39 is 6.55 Å². The molecular weight excluding hydrogens is 310 g/mol. The molecule has 0 radical (unpaired) electrons. The first-order chi connectivity index (χ1) is 10.5. The lowest BCUT2D eigenvalue weighted by Gasteiger charge is -2.16. The van der Waals surface area contributed by atoms with Gasteiger partial charge in [0.05, 0.1) is 19.6 Å². The third kappa shape index (κ3) is 4.35. The van der Waals surface area contributed by atoms with E-state index in [2.05, 4.69) is 10.3 Å². The van der Waals surface area contributed by atoms with Crippen LogP contribution in [-0.4, -0.2) is 34.0 Å². The average Bonchev–Trinajstić information content (AvgIpc) is 3.05. The van der Waals surface area contributed by atoms with Gasteiger partial charge in [0.1, 0.15) is 5.82 Å². The van der Waals surface area contributed by atoms with Gasteiger partial charge in [0, 0.05) is 17.3 Å². The maximum absolute atomic E-state index is 12.7. The van der Waals surface area contributed by atoms with Gasteiger partial charge in [-0.3, -0.25) is 14.3 Å². The molecule has 8 heteroatoms. The highest BCUT2D eigenvalue weighted by Gasteiger charge is 2.14. The van der Waals surface area contributed by atoms with Crippen LogP contribution in [0.3, 0.4) is 0 Å². The number of likely N-dealkylation sites (N-methyl/N-ethyl adjacent to an activating group) is 1. The normalized spacial score (nSPS) is 11.4. The van der Waals surface area contributed by atoms with Crippen molar-refractivity contribution < 1.29 is 13.6 Å². The molecule has 2 rings (SSSR count). The zero-order valence-electron chi connectivity index (χ0n) is 12.4. The number of thiophene rings is 1. The molecule has 5 nitrogen and oxygen atoms in total. The van der Waals surface area contributed by atoms with Crippen molar-refractivity contribution in [2.75, 3.05) is 13.6 Å². The van der Waals surface area contributed by atoms with E-state index in [1.54, 1.807) is 23.3 Å². The van der Waals surface area contributed by atoms with Gasteiger partial charge in [0.15, 0.2) is 0 Å². The Morgan fingerprint density at radius 3 is 2.95 bits per heavy atom. The molecular formula is C14H18F2N4OS. The number of halogens is 2. The van der Waals surface area contributed by atoms with Crippen molar-refractivity contribution in [3.63, 3.8) is 0 Å². The lowest BCUT2D eigenvalue weighted by Crippen LogP contribution is -2.35. The second-order valence-corrected chi connectivity index (χ2v) is 6.00. The molecule has 2 aromatic heterocycles. The molecule has 2 aromatic rings. The summed E-state index contributed by atoms with van der Waals surface area (Å²) in [5.41, 5.74) is 1.15. The first-order valence-electron chi connectivity index (χ1n) is 6.75. The number of nitrogens with zero attached hydrogens (tertiary/aromatic N) is 3. The summed E-state index contributed by atoms with van der Waals surface area (Å²) in [4.78, 5) is 18.5. The molecule has 0 aliphatic carbocycles. The van der Waals surface area contributed by atoms with Gasteiger partial charge in [-0.25, -0.2) is 4.98 Å². The van der Waals surface area contributed by atoms with Crippen molar-refractivity contribution in [2.45, 2.75) is 26.6 Å². The molecule has 0 atom stereocenters. The second-order valence-electron chi connectivity index (χ2n) is 5.00. The molecule has 0 saturated carbocycles. The van der Waals surface area contributed by atoms with Gasteiger partial charge in [-0.1, -0.05) is 0 Å². The van der Waals surface area contributed by atoms with Crippen LogP contribution in [0.5, 0.6) is 0 Å². The number of hydrogen-bond donors (Lipinski definition) is 1. The number of amides is 1. The highest BCUT2D eigenvalue weighted by atomic mass is 32.1. The third-order valence-electron chi connectivity index (χ3n) is 3.20. The zero-order valence-corrected chi connectivity index (χ0v) is 13.2. The van der Waals surface area contributed by atoms with Crippen molar-refractivity contribution in [3.8, 4) is 0 Å². The summed E-state index contributed by atoms with van der Waals surface area (Å²) in [7, 11) is 1.69. The quantitative estimate of drug-likeness (QED) is 0.849. The Balaban J connectivity index is 1.81. The predicted molar refractivity (Wildman–Crippen MR) is 80.7 cm³/mol. The Kier molecular flexibility index (Phi) is 5.62. The highest BCUT2D eigenvalue weighted by Crippen LogP contribution is 2.15. The summed E-state index contributed by atoms with van der Waals surface area (Å²) >= 11 is 1.59. The number of rotatable bonds is 7. The molecule has 0 saturated heterocycles. The fourth-order valence-electron chi connectivity index (χ4n) is 2.01. The topological polar surface area (TPSA) is 50.2 Å². The monoisotopic (exact) mass is 328 g/mol. The molecule has 1 N–H and O–H groups in total. The Hall–Kier alpha value is -1.80. The van der Waals surface area contributed by atoms with Crippen LogP contribution >= 0.6 is 11.3 Å². The number of imidazole rings is 1. The van der Waals surface area contributed by atoms with E-state index >= 15 is 0 Å². The van der Waals surface area contributed by atoms with E-state index in [0.717, 1.165) is 15.0 Å². The molecule has 1 amide bonds. The van der Waals surface area contributed by atoms with Gasteiger partial charge >= 0.3 is 6.55 Å². The number of carbonyl (C=O) groups excluding carboxylic acids is 1. The molecule has 0 aromatic carbocycles. The van der Waals surface area contributed by atoms with E-state index in [9.17, 15) is 13.6 Å². The SMILES string of the molecule is Cc1ccsc1CNC(=O)CN(C)Cc1nccn1C(F)F. The summed E-state index contributed by atoms with van der Waals surface area (Å²) in [5, 5.41) is 4.81. The molecule has 0 fully saturated rings. The second kappa shape index (κ2) is 7.46. The van der Waals surface area contributed by atoms with Gasteiger partial charge in [-0.05, 0) is 31.0 Å². The summed E-state index contributed by atoms with van der Waals surface area (Å²) in [6.45, 7) is 0.168. The van der Waals surface area contributed by atoms with Crippen LogP contribution in [0, 0.1) is 6.92 Å². The summed E-state index contributed by atoms with van der Waals surface area (Å²) in [6.07, 6.45) is 2.56. The van der Waals surface area contributed by atoms with Crippen LogP contribution in [-0.2, 0) is 17.9 Å². The van der Waals surface area contributed by atoms with Crippen molar-refractivity contribution >= 4 is 17.2 Å². The molecule has 0 aliphatic rings. The fourth-order valence-corrected chi connectivity index (χ4v) is 2.85. The van der Waals surface area contributed by atoms with Crippen molar-refractivity contribution in [1.82, 2.24) is 19.8 Å². The minimum absolute atomic E-state index is 0.126. The minimum atomic E-state index is -2.62. The molecule has 0 bridgehead atoms. The summed E-state index contributed by atoms with van der Waals surface area (Å²) < 4.78 is 26.2. The lowest BCUT2D eigenvalue weighted by atomic mass is 10.3. The predicted octanol–water partition coefficient (Wildman–Crippen LogP) is 2.40. The molecule has 22 heavy (non-hydrogen) atoms. The van der Waals surface area contributed by atoms with Crippen LogP contribution in [0.25, 0.3) is 0 Å². The molecule has 0 unspecified atom stereocenters. The number of alkyl halides is 2. The van der Waals surface area contributed by atoms with E-state index in [0.29, 0.717) is 6.54 Å². The average molecular weight is 328 g/mol. The largest absolute Gasteiger partial charge is 0.350 e. The Morgan fingerprint density at radius 1 is 1.55 bits per heavy atom. The molecule has 0 aliphatic heterocycles. The van der Waals surface area contributed by atoms with Crippen molar-refractivity contribution in [3.05, 3.63) is 40.1 Å². The van der Waals surface area contributed by atoms with Crippen LogP contribution in [0.1, 0.15) is 22.8 Å². The minimum Gasteiger partial charge on any atom is -0.350 e. The van der Waals surface area contributed by atoms with Crippen molar-refractivity contribution in [2.24, 2.45) is 0 Å². The highest BCUT2D eigenvalue weighted by molar-refractivity contribution is 7.10. The lowest BCUT2D eigenvalue weighted by molar-refractivity contribution is -0.122. The summed E-state index contributed by atoms with van der Waals surface area (Å²) in [5.74, 6) is 0.0878. The molecule has 0 spiro atoms. The number of aryl methyl sites for hydroxylation is 1. The van der Waals surface area contributed by atoms with E-state index in [-0.39, 0.29) is 24.8 Å². The standard InChI is InChI=1S/C14H18F2N4OS/c1-10-3-6-22-11(10)7-18-13(21)9-19(2)8-12-17-4-5-20(12)14(15)16/h3-6,14H,7-9H2,1-2H3,(H,18,21). The van der Waals surface area contributed by atoms with Gasteiger partial charge in [-0.2, -0.15) is 8.78 Å². The Morgan fingerprint density at radius 2 is 2.32 bits per heavy atom. The fraction of sp³-hybridized carbons (Fsp3) is 0.429. The first-order valence-corrected chi connectivity index (χ1v) is 7.63.